The molecule has 1 aromatic carbocycles. The monoisotopic (exact) mass is 258 g/mol. The first kappa shape index (κ1) is 12.9. The van der Waals surface area contributed by atoms with Crippen LogP contribution in [0.5, 0.6) is 0 Å². The van der Waals surface area contributed by atoms with Gasteiger partial charge < -0.3 is 10.8 Å². The third-order valence-corrected chi connectivity index (χ3v) is 3.01. The molecule has 0 atom stereocenters. The summed E-state index contributed by atoms with van der Waals surface area (Å²) in [5.74, 6) is -1.02. The summed E-state index contributed by atoms with van der Waals surface area (Å²) in [5, 5.41) is 9.24. The number of aryl methyl sites for hydroxylation is 1. The van der Waals surface area contributed by atoms with Gasteiger partial charge in [0.2, 0.25) is 0 Å². The highest BCUT2D eigenvalue weighted by Gasteiger charge is 2.19. The van der Waals surface area contributed by atoms with Crippen LogP contribution in [0.25, 0.3) is 11.1 Å². The second-order valence-corrected chi connectivity index (χ2v) is 4.40. The zero-order valence-electron chi connectivity index (χ0n) is 10.7. The molecule has 2 aromatic rings. The molecule has 0 fully saturated rings. The van der Waals surface area contributed by atoms with Crippen molar-refractivity contribution in [3.63, 3.8) is 0 Å². The molecule has 0 aliphatic rings. The summed E-state index contributed by atoms with van der Waals surface area (Å²) < 4.78 is 1.13. The average molecular weight is 258 g/mol. The first-order valence-corrected chi connectivity index (χ1v) is 5.71. The SMILES string of the molecule is Cc1cccc(-c2cc(N)n(C)c(=O)c2C(=O)O)c1. The third kappa shape index (κ3) is 2.22. The van der Waals surface area contributed by atoms with Crippen LogP contribution >= 0.6 is 0 Å². The topological polar surface area (TPSA) is 85.3 Å². The Bertz CT molecular complexity index is 717. The number of nitrogens with two attached hydrogens (primary N) is 1. The van der Waals surface area contributed by atoms with Crippen LogP contribution in [-0.2, 0) is 7.05 Å². The van der Waals surface area contributed by atoms with Crippen molar-refractivity contribution in [2.45, 2.75) is 6.92 Å². The van der Waals surface area contributed by atoms with E-state index in [1.54, 1.807) is 6.07 Å². The molecule has 0 aliphatic heterocycles. The number of anilines is 1. The number of carbonyl (C=O) groups is 1. The number of nitrogen functional groups attached to an aromatic ring is 1. The van der Waals surface area contributed by atoms with E-state index in [-0.39, 0.29) is 11.4 Å². The Hall–Kier alpha value is -2.56. The fourth-order valence-corrected chi connectivity index (χ4v) is 1.96. The minimum Gasteiger partial charge on any atom is -0.477 e. The molecular formula is C14H14N2O3. The van der Waals surface area contributed by atoms with Crippen LogP contribution in [-0.4, -0.2) is 15.6 Å². The lowest BCUT2D eigenvalue weighted by Crippen LogP contribution is -2.27. The summed E-state index contributed by atoms with van der Waals surface area (Å²) in [4.78, 5) is 23.3. The average Bonchev–Trinajstić information content (AvgIpc) is 2.35. The summed E-state index contributed by atoms with van der Waals surface area (Å²) in [5.41, 5.74) is 6.86. The molecule has 0 amide bonds. The fourth-order valence-electron chi connectivity index (χ4n) is 1.96. The molecule has 0 saturated carbocycles. The lowest BCUT2D eigenvalue weighted by Gasteiger charge is -2.11. The van der Waals surface area contributed by atoms with Crippen LogP contribution in [0.2, 0.25) is 0 Å². The van der Waals surface area contributed by atoms with Gasteiger partial charge >= 0.3 is 5.97 Å². The van der Waals surface area contributed by atoms with Gasteiger partial charge in [-0.15, -0.1) is 0 Å². The zero-order chi connectivity index (χ0) is 14.2. The van der Waals surface area contributed by atoms with Gasteiger partial charge in [0.25, 0.3) is 5.56 Å². The van der Waals surface area contributed by atoms with Crippen molar-refractivity contribution < 1.29 is 9.90 Å². The number of hydrogen-bond donors (Lipinski definition) is 2. The standard InChI is InChI=1S/C14H14N2O3/c1-8-4-3-5-9(6-8)10-7-11(15)16(2)13(17)12(10)14(18)19/h3-7H,15H2,1-2H3,(H,18,19). The van der Waals surface area contributed by atoms with E-state index in [1.807, 2.05) is 25.1 Å². The number of nitrogens with zero attached hydrogens (tertiary/aromatic N) is 1. The van der Waals surface area contributed by atoms with E-state index in [9.17, 15) is 14.7 Å². The molecule has 5 nitrogen and oxygen atoms in total. The van der Waals surface area contributed by atoms with Crippen molar-refractivity contribution in [2.24, 2.45) is 7.05 Å². The molecule has 1 heterocycles. The predicted molar refractivity (Wildman–Crippen MR) is 73.2 cm³/mol. The van der Waals surface area contributed by atoms with Crippen molar-refractivity contribution in [2.75, 3.05) is 5.73 Å². The van der Waals surface area contributed by atoms with Crippen molar-refractivity contribution in [1.82, 2.24) is 4.57 Å². The van der Waals surface area contributed by atoms with Gasteiger partial charge in [0.05, 0.1) is 0 Å². The number of carboxylic acid groups (broad SMARTS) is 1. The molecule has 3 N–H and O–H groups in total. The van der Waals surface area contributed by atoms with Crippen LogP contribution in [0.3, 0.4) is 0 Å². The van der Waals surface area contributed by atoms with Crippen LogP contribution < -0.4 is 11.3 Å². The normalized spacial score (nSPS) is 10.4. The molecular weight excluding hydrogens is 244 g/mol. The van der Waals surface area contributed by atoms with Crippen LogP contribution in [0, 0.1) is 6.92 Å². The third-order valence-electron chi connectivity index (χ3n) is 3.01. The number of rotatable bonds is 2. The summed E-state index contributed by atoms with van der Waals surface area (Å²) in [6.45, 7) is 1.90. The van der Waals surface area contributed by atoms with Crippen molar-refractivity contribution in [1.29, 1.82) is 0 Å². The van der Waals surface area contributed by atoms with Gasteiger partial charge in [-0.1, -0.05) is 29.8 Å². The smallest absolute Gasteiger partial charge is 0.341 e. The largest absolute Gasteiger partial charge is 0.477 e. The number of hydrogen-bond acceptors (Lipinski definition) is 3. The molecule has 0 aliphatic carbocycles. The number of benzene rings is 1. The molecule has 0 saturated heterocycles. The Morgan fingerprint density at radius 2 is 2.00 bits per heavy atom. The summed E-state index contributed by atoms with van der Waals surface area (Å²) in [7, 11) is 1.45. The van der Waals surface area contributed by atoms with Gasteiger partial charge in [-0.05, 0) is 18.6 Å². The van der Waals surface area contributed by atoms with E-state index in [0.717, 1.165) is 10.1 Å². The fraction of sp³-hybridized carbons (Fsp3) is 0.143. The molecule has 5 heteroatoms. The minimum atomic E-state index is -1.25. The van der Waals surface area contributed by atoms with Crippen LogP contribution in [0.15, 0.2) is 35.1 Å². The minimum absolute atomic E-state index is 0.228. The van der Waals surface area contributed by atoms with Crippen LogP contribution in [0.4, 0.5) is 5.82 Å². The number of aromatic carboxylic acids is 1. The molecule has 98 valence electrons. The first-order chi connectivity index (χ1) is 8.91. The Kier molecular flexibility index (Phi) is 3.12. The lowest BCUT2D eigenvalue weighted by atomic mass is 9.99. The highest BCUT2D eigenvalue weighted by atomic mass is 16.4. The van der Waals surface area contributed by atoms with E-state index in [2.05, 4.69) is 0 Å². The first-order valence-electron chi connectivity index (χ1n) is 5.71. The summed E-state index contributed by atoms with van der Waals surface area (Å²) in [6, 6.07) is 8.80. The second-order valence-electron chi connectivity index (χ2n) is 4.40. The maximum atomic E-state index is 12.0. The number of pyridine rings is 1. The van der Waals surface area contributed by atoms with Gasteiger partial charge in [-0.2, -0.15) is 0 Å². The van der Waals surface area contributed by atoms with Gasteiger partial charge in [0.15, 0.2) is 0 Å². The van der Waals surface area contributed by atoms with Gasteiger partial charge in [0.1, 0.15) is 11.4 Å². The quantitative estimate of drug-likeness (QED) is 0.857. The van der Waals surface area contributed by atoms with Crippen molar-refractivity contribution in [3.8, 4) is 11.1 Å². The van der Waals surface area contributed by atoms with E-state index < -0.39 is 11.5 Å². The second kappa shape index (κ2) is 4.61. The van der Waals surface area contributed by atoms with Crippen molar-refractivity contribution >= 4 is 11.8 Å². The highest BCUT2D eigenvalue weighted by Crippen LogP contribution is 2.24. The van der Waals surface area contributed by atoms with Crippen LogP contribution in [0.1, 0.15) is 15.9 Å². The zero-order valence-corrected chi connectivity index (χ0v) is 10.7. The molecule has 0 radical (unpaired) electrons. The van der Waals surface area contributed by atoms with Crippen molar-refractivity contribution in [3.05, 3.63) is 51.8 Å². The number of carboxylic acids is 1. The lowest BCUT2D eigenvalue weighted by molar-refractivity contribution is 0.0695. The van der Waals surface area contributed by atoms with Gasteiger partial charge in [-0.3, -0.25) is 9.36 Å². The highest BCUT2D eigenvalue weighted by molar-refractivity contribution is 5.96. The molecule has 0 unspecified atom stereocenters. The molecule has 0 bridgehead atoms. The molecule has 19 heavy (non-hydrogen) atoms. The Morgan fingerprint density at radius 3 is 2.58 bits per heavy atom. The molecule has 1 aromatic heterocycles. The summed E-state index contributed by atoms with van der Waals surface area (Å²) >= 11 is 0. The maximum Gasteiger partial charge on any atom is 0.341 e. The maximum absolute atomic E-state index is 12.0. The number of aromatic nitrogens is 1. The predicted octanol–water partition coefficient (Wildman–Crippen LogP) is 1.64. The van der Waals surface area contributed by atoms with E-state index in [1.165, 1.54) is 13.1 Å². The van der Waals surface area contributed by atoms with E-state index in [0.29, 0.717) is 11.1 Å². The van der Waals surface area contributed by atoms with Gasteiger partial charge in [0, 0.05) is 12.6 Å². The Labute approximate surface area is 109 Å². The Balaban J connectivity index is 2.83. The van der Waals surface area contributed by atoms with E-state index in [4.69, 9.17) is 5.73 Å². The van der Waals surface area contributed by atoms with E-state index >= 15 is 0 Å². The Morgan fingerprint density at radius 1 is 1.32 bits per heavy atom. The summed E-state index contributed by atoms with van der Waals surface area (Å²) in [6.07, 6.45) is 0. The molecule has 0 spiro atoms. The molecule has 2 rings (SSSR count). The van der Waals surface area contributed by atoms with Gasteiger partial charge in [-0.25, -0.2) is 4.79 Å².